The van der Waals surface area contributed by atoms with E-state index in [-0.39, 0.29) is 39.3 Å². The number of amides is 2. The molecule has 1 aromatic heterocycles. The number of nitrogens with zero attached hydrogens (tertiary/aromatic N) is 1. The van der Waals surface area contributed by atoms with Gasteiger partial charge in [-0.2, -0.15) is 18.4 Å². The lowest BCUT2D eigenvalue weighted by molar-refractivity contribution is -0.137. The fourth-order valence-corrected chi connectivity index (χ4v) is 5.14. The van der Waals surface area contributed by atoms with Gasteiger partial charge in [0.05, 0.1) is 55.8 Å². The van der Waals surface area contributed by atoms with Crippen LogP contribution in [-0.2, 0) is 15.8 Å². The van der Waals surface area contributed by atoms with Gasteiger partial charge in [0.15, 0.2) is 0 Å². The second kappa shape index (κ2) is 12.1. The third-order valence-corrected chi connectivity index (χ3v) is 7.47. The molecule has 2 amide bonds. The maximum absolute atomic E-state index is 13.4. The van der Waals surface area contributed by atoms with Gasteiger partial charge < -0.3 is 20.4 Å². The minimum Gasteiger partial charge on any atom is -0.468 e. The van der Waals surface area contributed by atoms with Gasteiger partial charge in [0.1, 0.15) is 5.76 Å². The number of rotatable bonds is 7. The average molecular weight is 607 g/mol. The first-order valence-electron chi connectivity index (χ1n) is 11.5. The topological polar surface area (TPSA) is 107 Å². The van der Waals surface area contributed by atoms with Crippen LogP contribution in [0.15, 0.2) is 87.1 Å². The van der Waals surface area contributed by atoms with Crippen LogP contribution < -0.4 is 16.0 Å². The third-order valence-electron chi connectivity index (χ3n) is 5.72. The Morgan fingerprint density at radius 1 is 1.07 bits per heavy atom. The van der Waals surface area contributed by atoms with Gasteiger partial charge in [-0.25, -0.2) is 0 Å². The summed E-state index contributed by atoms with van der Waals surface area (Å²) >= 11 is 12.9. The van der Waals surface area contributed by atoms with Crippen molar-refractivity contribution in [2.75, 3.05) is 16.4 Å². The van der Waals surface area contributed by atoms with Crippen LogP contribution in [0.4, 0.5) is 24.5 Å². The first kappa shape index (κ1) is 29.1. The van der Waals surface area contributed by atoms with Gasteiger partial charge in [-0.3, -0.25) is 9.59 Å². The molecular formula is C27H19Cl2F3N4O3S. The molecule has 2 heterocycles. The number of carbonyl (C=O) groups excluding carboxylic acids is 2. The van der Waals surface area contributed by atoms with Crippen molar-refractivity contribution in [1.82, 2.24) is 5.32 Å². The van der Waals surface area contributed by atoms with Gasteiger partial charge in [-0.1, -0.05) is 41.0 Å². The van der Waals surface area contributed by atoms with E-state index >= 15 is 0 Å². The molecule has 3 N–H and O–H groups in total. The number of hydrogen-bond donors (Lipinski definition) is 3. The molecule has 0 bridgehead atoms. The molecular weight excluding hydrogens is 588 g/mol. The van der Waals surface area contributed by atoms with Crippen molar-refractivity contribution in [2.24, 2.45) is 0 Å². The Balaban J connectivity index is 1.58. The Kier molecular flexibility index (Phi) is 8.83. The maximum atomic E-state index is 13.4. The zero-order chi connectivity index (χ0) is 29.0. The summed E-state index contributed by atoms with van der Waals surface area (Å²) in [5.74, 6) is -1.92. The number of dihydropyridines is 1. The Morgan fingerprint density at radius 3 is 2.48 bits per heavy atom. The summed E-state index contributed by atoms with van der Waals surface area (Å²) in [6.45, 7) is 1.58. The Labute approximate surface area is 241 Å². The molecule has 0 aliphatic carbocycles. The molecule has 0 saturated carbocycles. The SMILES string of the molecule is CC1=C(C(=O)Nc2cccc(C(F)(F)F)c2)[C@H](c2ccco2)C(C#N)=C(SCC(=O)Nc2ccc(Cl)c(Cl)c2)N1. The fourth-order valence-electron chi connectivity index (χ4n) is 3.95. The zero-order valence-corrected chi connectivity index (χ0v) is 22.9. The highest BCUT2D eigenvalue weighted by Crippen LogP contribution is 2.41. The van der Waals surface area contributed by atoms with Crippen molar-refractivity contribution < 1.29 is 27.2 Å². The lowest BCUT2D eigenvalue weighted by Gasteiger charge is -2.28. The summed E-state index contributed by atoms with van der Waals surface area (Å²) < 4.78 is 45.0. The smallest absolute Gasteiger partial charge is 0.416 e. The average Bonchev–Trinajstić information content (AvgIpc) is 3.43. The summed E-state index contributed by atoms with van der Waals surface area (Å²) in [6, 6.07) is 14.1. The summed E-state index contributed by atoms with van der Waals surface area (Å²) in [6.07, 6.45) is -3.21. The van der Waals surface area contributed by atoms with Gasteiger partial charge in [-0.15, -0.1) is 0 Å². The number of halogens is 5. The Morgan fingerprint density at radius 2 is 1.82 bits per heavy atom. The van der Waals surface area contributed by atoms with E-state index in [0.717, 1.165) is 23.9 Å². The molecule has 0 radical (unpaired) electrons. The van der Waals surface area contributed by atoms with Crippen LogP contribution in [0.1, 0.15) is 24.2 Å². The summed E-state index contributed by atoms with van der Waals surface area (Å²) in [5, 5.41) is 19.2. The van der Waals surface area contributed by atoms with Crippen LogP contribution in [0, 0.1) is 11.3 Å². The molecule has 13 heteroatoms. The number of furan rings is 1. The largest absolute Gasteiger partial charge is 0.468 e. The molecule has 7 nitrogen and oxygen atoms in total. The second-order valence-corrected chi connectivity index (χ2v) is 10.3. The monoisotopic (exact) mass is 606 g/mol. The summed E-state index contributed by atoms with van der Waals surface area (Å²) in [7, 11) is 0. The van der Waals surface area contributed by atoms with Crippen LogP contribution >= 0.6 is 35.0 Å². The molecule has 0 unspecified atom stereocenters. The number of allylic oxidation sites excluding steroid dienone is 2. The van der Waals surface area contributed by atoms with Gasteiger partial charge in [0.25, 0.3) is 5.91 Å². The highest BCUT2D eigenvalue weighted by Gasteiger charge is 2.37. The number of anilines is 2. The van der Waals surface area contributed by atoms with E-state index < -0.39 is 23.6 Å². The van der Waals surface area contributed by atoms with Crippen molar-refractivity contribution in [1.29, 1.82) is 5.26 Å². The van der Waals surface area contributed by atoms with Crippen molar-refractivity contribution in [3.05, 3.63) is 104 Å². The van der Waals surface area contributed by atoms with Crippen LogP contribution in [0.3, 0.4) is 0 Å². The molecule has 0 fully saturated rings. The van der Waals surface area contributed by atoms with Crippen molar-refractivity contribution in [2.45, 2.75) is 19.0 Å². The van der Waals surface area contributed by atoms with Crippen LogP contribution in [0.5, 0.6) is 0 Å². The molecule has 1 atom stereocenters. The first-order chi connectivity index (χ1) is 19.0. The van der Waals surface area contributed by atoms with E-state index in [1.54, 1.807) is 31.2 Å². The predicted molar refractivity (Wildman–Crippen MR) is 148 cm³/mol. The third kappa shape index (κ3) is 6.65. The highest BCUT2D eigenvalue weighted by atomic mass is 35.5. The first-order valence-corrected chi connectivity index (χ1v) is 13.2. The molecule has 2 aromatic carbocycles. The minimum absolute atomic E-state index is 0.0695. The predicted octanol–water partition coefficient (Wildman–Crippen LogP) is 7.31. The molecule has 3 aromatic rings. The molecule has 4 rings (SSSR count). The van der Waals surface area contributed by atoms with E-state index in [9.17, 15) is 28.0 Å². The van der Waals surface area contributed by atoms with Crippen molar-refractivity contribution >= 4 is 58.2 Å². The van der Waals surface area contributed by atoms with E-state index in [1.807, 2.05) is 0 Å². The zero-order valence-electron chi connectivity index (χ0n) is 20.5. The fraction of sp³-hybridized carbons (Fsp3) is 0.148. The summed E-state index contributed by atoms with van der Waals surface area (Å²) in [5.41, 5.74) is -0.0483. The lowest BCUT2D eigenvalue weighted by atomic mass is 9.85. The second-order valence-electron chi connectivity index (χ2n) is 8.47. The standard InChI is InChI=1S/C27H19Cl2F3N4O3S/c1-14-23(25(38)36-16-5-2-4-15(10-16)27(30,31)32)24(21-6-3-9-39-21)18(12-33)26(34-14)40-13-22(37)35-17-7-8-19(28)20(29)11-17/h2-11,24,34H,13H2,1H3,(H,35,37)(H,36,38)/t24-/m0/s1. The van der Waals surface area contributed by atoms with Gasteiger partial charge >= 0.3 is 6.18 Å². The molecule has 40 heavy (non-hydrogen) atoms. The minimum atomic E-state index is -4.59. The van der Waals surface area contributed by atoms with Crippen LogP contribution in [-0.4, -0.2) is 17.6 Å². The molecule has 1 aliphatic heterocycles. The number of nitriles is 1. The molecule has 0 spiro atoms. The van der Waals surface area contributed by atoms with E-state index in [2.05, 4.69) is 22.0 Å². The quantitative estimate of drug-likeness (QED) is 0.260. The Bertz CT molecular complexity index is 1560. The normalized spacial score (nSPS) is 15.4. The van der Waals surface area contributed by atoms with E-state index in [0.29, 0.717) is 21.4 Å². The number of carbonyl (C=O) groups is 2. The number of nitrogens with one attached hydrogen (secondary N) is 3. The van der Waals surface area contributed by atoms with Gasteiger partial charge in [0.2, 0.25) is 5.91 Å². The molecule has 0 saturated heterocycles. The lowest BCUT2D eigenvalue weighted by Crippen LogP contribution is -2.31. The van der Waals surface area contributed by atoms with Crippen molar-refractivity contribution in [3.8, 4) is 6.07 Å². The van der Waals surface area contributed by atoms with Gasteiger partial charge in [-0.05, 0) is 55.5 Å². The maximum Gasteiger partial charge on any atom is 0.416 e. The highest BCUT2D eigenvalue weighted by molar-refractivity contribution is 8.03. The van der Waals surface area contributed by atoms with E-state index in [1.165, 1.54) is 24.5 Å². The van der Waals surface area contributed by atoms with Crippen LogP contribution in [0.25, 0.3) is 0 Å². The van der Waals surface area contributed by atoms with Crippen LogP contribution in [0.2, 0.25) is 10.0 Å². The molecule has 206 valence electrons. The Hall–Kier alpha value is -3.85. The molecule has 1 aliphatic rings. The number of thioether (sulfide) groups is 1. The number of benzene rings is 2. The number of alkyl halides is 3. The van der Waals surface area contributed by atoms with Gasteiger partial charge in [0, 0.05) is 17.1 Å². The number of hydrogen-bond acceptors (Lipinski definition) is 6. The summed E-state index contributed by atoms with van der Waals surface area (Å²) in [4.78, 5) is 26.0. The van der Waals surface area contributed by atoms with Crippen molar-refractivity contribution in [3.63, 3.8) is 0 Å². The van der Waals surface area contributed by atoms with E-state index in [4.69, 9.17) is 27.6 Å².